The summed E-state index contributed by atoms with van der Waals surface area (Å²) in [6.45, 7) is 2.15. The molecule has 0 fully saturated rings. The number of aryl methyl sites for hydroxylation is 1. The summed E-state index contributed by atoms with van der Waals surface area (Å²) in [5.41, 5.74) is 7.21. The van der Waals surface area contributed by atoms with E-state index in [-0.39, 0.29) is 6.54 Å². The maximum Gasteiger partial charge on any atom is 0.133 e. The van der Waals surface area contributed by atoms with Gasteiger partial charge in [0.15, 0.2) is 0 Å². The molecule has 1 atom stereocenters. The molecule has 0 heterocycles. The molecule has 0 aliphatic carbocycles. The molecule has 0 saturated carbocycles. The molecule has 3 nitrogen and oxygen atoms in total. The first-order valence-electron chi connectivity index (χ1n) is 4.32. The molecule has 1 aromatic carbocycles. The van der Waals surface area contributed by atoms with Gasteiger partial charge in [0.1, 0.15) is 5.75 Å². The molecule has 0 aliphatic rings. The number of aliphatic hydroxyl groups excluding tert-OH is 1. The third kappa shape index (κ3) is 2.26. The van der Waals surface area contributed by atoms with Crippen molar-refractivity contribution in [2.45, 2.75) is 13.0 Å². The van der Waals surface area contributed by atoms with Gasteiger partial charge in [0, 0.05) is 6.54 Å². The second kappa shape index (κ2) is 4.77. The summed E-state index contributed by atoms with van der Waals surface area (Å²) in [7, 11) is 1.60. The van der Waals surface area contributed by atoms with E-state index in [2.05, 4.69) is 15.9 Å². The van der Waals surface area contributed by atoms with Gasteiger partial charge in [-0.25, -0.2) is 0 Å². The molecule has 0 spiro atoms. The molecule has 1 aromatic rings. The summed E-state index contributed by atoms with van der Waals surface area (Å²) in [5, 5.41) is 9.64. The molecule has 0 radical (unpaired) electrons. The number of aliphatic hydroxyl groups is 1. The first kappa shape index (κ1) is 11.5. The number of hydrogen-bond donors (Lipinski definition) is 2. The van der Waals surface area contributed by atoms with Crippen LogP contribution in [0.5, 0.6) is 5.75 Å². The Morgan fingerprint density at radius 3 is 2.71 bits per heavy atom. The summed E-state index contributed by atoms with van der Waals surface area (Å²) in [6, 6.07) is 3.79. The average molecular weight is 260 g/mol. The highest BCUT2D eigenvalue weighted by atomic mass is 79.9. The van der Waals surface area contributed by atoms with Crippen LogP contribution in [-0.4, -0.2) is 18.8 Å². The Morgan fingerprint density at radius 2 is 2.21 bits per heavy atom. The van der Waals surface area contributed by atoms with Gasteiger partial charge in [0.2, 0.25) is 0 Å². The van der Waals surface area contributed by atoms with Gasteiger partial charge in [-0.2, -0.15) is 0 Å². The van der Waals surface area contributed by atoms with E-state index in [0.717, 1.165) is 15.6 Å². The lowest BCUT2D eigenvalue weighted by Gasteiger charge is -2.14. The number of benzene rings is 1. The molecule has 0 saturated heterocycles. The molecule has 78 valence electrons. The van der Waals surface area contributed by atoms with Crippen LogP contribution < -0.4 is 10.5 Å². The fourth-order valence-electron chi connectivity index (χ4n) is 1.28. The zero-order chi connectivity index (χ0) is 10.7. The van der Waals surface area contributed by atoms with Crippen LogP contribution in [0.3, 0.4) is 0 Å². The molecule has 0 aliphatic heterocycles. The summed E-state index contributed by atoms with van der Waals surface area (Å²) in [4.78, 5) is 0. The standard InChI is InChI=1S/C10H14BrNO2/c1-6-3-7(8(13)5-12)10(11)9(4-6)14-2/h3-4,8,13H,5,12H2,1-2H3. The van der Waals surface area contributed by atoms with Crippen molar-refractivity contribution in [3.8, 4) is 5.75 Å². The lowest BCUT2D eigenvalue weighted by molar-refractivity contribution is 0.185. The Hall–Kier alpha value is -0.580. The molecule has 0 amide bonds. The number of hydrogen-bond acceptors (Lipinski definition) is 3. The first-order valence-corrected chi connectivity index (χ1v) is 5.11. The average Bonchev–Trinajstić information content (AvgIpc) is 2.19. The zero-order valence-corrected chi connectivity index (χ0v) is 9.84. The van der Waals surface area contributed by atoms with Crippen molar-refractivity contribution in [1.29, 1.82) is 0 Å². The Bertz CT molecular complexity index is 328. The lowest BCUT2D eigenvalue weighted by atomic mass is 10.1. The second-order valence-corrected chi connectivity index (χ2v) is 3.91. The van der Waals surface area contributed by atoms with Crippen molar-refractivity contribution in [2.75, 3.05) is 13.7 Å². The van der Waals surface area contributed by atoms with Gasteiger partial charge < -0.3 is 15.6 Å². The van der Waals surface area contributed by atoms with E-state index in [1.165, 1.54) is 0 Å². The molecular weight excluding hydrogens is 246 g/mol. The number of halogens is 1. The Balaban J connectivity index is 3.21. The van der Waals surface area contributed by atoms with Gasteiger partial charge in [-0.1, -0.05) is 6.07 Å². The minimum atomic E-state index is -0.654. The highest BCUT2D eigenvalue weighted by Crippen LogP contribution is 2.33. The topological polar surface area (TPSA) is 55.5 Å². The Kier molecular flexibility index (Phi) is 3.92. The molecule has 1 unspecified atom stereocenters. The van der Waals surface area contributed by atoms with Crippen LogP contribution >= 0.6 is 15.9 Å². The van der Waals surface area contributed by atoms with E-state index < -0.39 is 6.10 Å². The number of methoxy groups -OCH3 is 1. The van der Waals surface area contributed by atoms with Crippen LogP contribution in [0.1, 0.15) is 17.2 Å². The summed E-state index contributed by atoms with van der Waals surface area (Å²) in [5.74, 6) is 0.715. The summed E-state index contributed by atoms with van der Waals surface area (Å²) < 4.78 is 5.93. The first-order chi connectivity index (χ1) is 6.60. The molecule has 14 heavy (non-hydrogen) atoms. The van der Waals surface area contributed by atoms with E-state index in [9.17, 15) is 5.11 Å². The molecular formula is C10H14BrNO2. The number of nitrogens with two attached hydrogens (primary N) is 1. The molecule has 4 heteroatoms. The van der Waals surface area contributed by atoms with Crippen LogP contribution in [0.4, 0.5) is 0 Å². The SMILES string of the molecule is COc1cc(C)cc(C(O)CN)c1Br. The van der Waals surface area contributed by atoms with E-state index >= 15 is 0 Å². The smallest absolute Gasteiger partial charge is 0.133 e. The van der Waals surface area contributed by atoms with Crippen LogP contribution in [0.15, 0.2) is 16.6 Å². The Morgan fingerprint density at radius 1 is 1.57 bits per heavy atom. The van der Waals surface area contributed by atoms with Crippen molar-refractivity contribution in [3.05, 3.63) is 27.7 Å². The fraction of sp³-hybridized carbons (Fsp3) is 0.400. The van der Waals surface area contributed by atoms with Gasteiger partial charge in [-0.05, 0) is 40.0 Å². The van der Waals surface area contributed by atoms with Crippen molar-refractivity contribution >= 4 is 15.9 Å². The molecule has 3 N–H and O–H groups in total. The quantitative estimate of drug-likeness (QED) is 0.870. The van der Waals surface area contributed by atoms with Crippen LogP contribution in [0.2, 0.25) is 0 Å². The van der Waals surface area contributed by atoms with Gasteiger partial charge in [0.05, 0.1) is 17.7 Å². The normalized spacial score (nSPS) is 12.6. The number of ether oxygens (including phenoxy) is 1. The van der Waals surface area contributed by atoms with Crippen LogP contribution in [0, 0.1) is 6.92 Å². The van der Waals surface area contributed by atoms with Crippen molar-refractivity contribution in [2.24, 2.45) is 5.73 Å². The molecule has 1 rings (SSSR count). The van der Waals surface area contributed by atoms with Crippen molar-refractivity contribution < 1.29 is 9.84 Å². The predicted octanol–water partition coefficient (Wildman–Crippen LogP) is 1.76. The number of rotatable bonds is 3. The zero-order valence-electron chi connectivity index (χ0n) is 8.25. The van der Waals surface area contributed by atoms with Gasteiger partial charge in [-0.3, -0.25) is 0 Å². The minimum absolute atomic E-state index is 0.200. The van der Waals surface area contributed by atoms with E-state index in [1.807, 2.05) is 19.1 Å². The Labute approximate surface area is 92.0 Å². The van der Waals surface area contributed by atoms with E-state index in [0.29, 0.717) is 5.75 Å². The largest absolute Gasteiger partial charge is 0.496 e. The van der Waals surface area contributed by atoms with Gasteiger partial charge in [-0.15, -0.1) is 0 Å². The maximum atomic E-state index is 9.64. The fourth-order valence-corrected chi connectivity index (χ4v) is 1.94. The second-order valence-electron chi connectivity index (χ2n) is 3.12. The monoisotopic (exact) mass is 259 g/mol. The van der Waals surface area contributed by atoms with E-state index in [1.54, 1.807) is 7.11 Å². The van der Waals surface area contributed by atoms with Crippen LogP contribution in [-0.2, 0) is 0 Å². The van der Waals surface area contributed by atoms with Gasteiger partial charge in [0.25, 0.3) is 0 Å². The van der Waals surface area contributed by atoms with Crippen molar-refractivity contribution in [3.63, 3.8) is 0 Å². The maximum absolute atomic E-state index is 9.64. The minimum Gasteiger partial charge on any atom is -0.496 e. The molecule has 0 bridgehead atoms. The lowest BCUT2D eigenvalue weighted by Crippen LogP contribution is -2.12. The highest BCUT2D eigenvalue weighted by molar-refractivity contribution is 9.10. The third-order valence-electron chi connectivity index (χ3n) is 2.01. The summed E-state index contributed by atoms with van der Waals surface area (Å²) in [6.07, 6.45) is -0.654. The predicted molar refractivity (Wildman–Crippen MR) is 59.4 cm³/mol. The highest BCUT2D eigenvalue weighted by Gasteiger charge is 2.13. The molecule has 0 aromatic heterocycles. The van der Waals surface area contributed by atoms with Crippen molar-refractivity contribution in [1.82, 2.24) is 0 Å². The van der Waals surface area contributed by atoms with Gasteiger partial charge >= 0.3 is 0 Å². The van der Waals surface area contributed by atoms with Crippen LogP contribution in [0.25, 0.3) is 0 Å². The third-order valence-corrected chi connectivity index (χ3v) is 2.86. The summed E-state index contributed by atoms with van der Waals surface area (Å²) >= 11 is 3.38. The van der Waals surface area contributed by atoms with E-state index in [4.69, 9.17) is 10.5 Å².